The maximum atomic E-state index is 6.14. The Balaban J connectivity index is 1.83. The average Bonchev–Trinajstić information content (AvgIpc) is 3.12. The van der Waals surface area contributed by atoms with Gasteiger partial charge < -0.3 is 15.4 Å². The molecule has 0 radical (unpaired) electrons. The summed E-state index contributed by atoms with van der Waals surface area (Å²) in [6.07, 6.45) is 4.64. The summed E-state index contributed by atoms with van der Waals surface area (Å²) in [5.41, 5.74) is 7.25. The zero-order valence-corrected chi connectivity index (χ0v) is 13.5. The van der Waals surface area contributed by atoms with Crippen LogP contribution in [0.4, 0.5) is 0 Å². The van der Waals surface area contributed by atoms with Crippen LogP contribution in [-0.2, 0) is 10.3 Å². The summed E-state index contributed by atoms with van der Waals surface area (Å²) in [5.74, 6) is 0.641. The molecule has 0 aromatic heterocycles. The third kappa shape index (κ3) is 2.77. The third-order valence-corrected chi connectivity index (χ3v) is 5.29. The van der Waals surface area contributed by atoms with Crippen molar-refractivity contribution < 1.29 is 4.74 Å². The molecule has 0 spiro atoms. The molecule has 0 amide bonds. The van der Waals surface area contributed by atoms with Crippen molar-refractivity contribution in [3.05, 3.63) is 29.8 Å². The van der Waals surface area contributed by atoms with Gasteiger partial charge in [-0.3, -0.25) is 4.99 Å². The summed E-state index contributed by atoms with van der Waals surface area (Å²) in [6.45, 7) is 4.63. The molecule has 0 bridgehead atoms. The van der Waals surface area contributed by atoms with Gasteiger partial charge in [0.15, 0.2) is 5.96 Å². The van der Waals surface area contributed by atoms with Crippen molar-refractivity contribution in [1.29, 1.82) is 0 Å². The number of ether oxygens (including phenoxy) is 1. The van der Waals surface area contributed by atoms with E-state index in [1.165, 1.54) is 10.5 Å². The molecule has 0 aliphatic carbocycles. The zero-order chi connectivity index (χ0) is 14.9. The molecule has 4 nitrogen and oxygen atoms in total. The molecule has 2 heterocycles. The first kappa shape index (κ1) is 14.7. The lowest BCUT2D eigenvalue weighted by Crippen LogP contribution is -2.50. The van der Waals surface area contributed by atoms with E-state index in [4.69, 9.17) is 10.5 Å². The van der Waals surface area contributed by atoms with Gasteiger partial charge in [-0.2, -0.15) is 0 Å². The second-order valence-electron chi connectivity index (χ2n) is 5.92. The minimum absolute atomic E-state index is 0.160. The van der Waals surface area contributed by atoms with E-state index in [0.717, 1.165) is 26.0 Å². The molecule has 1 aromatic carbocycles. The Morgan fingerprint density at radius 2 is 2.19 bits per heavy atom. The standard InChI is InChI=1S/C16H23N3OS/c1-16(12-5-7-14(21-2)8-6-12)11-18-15(17)19(16)10-13-4-3-9-20-13/h5-8,13H,3-4,9-11H2,1-2H3,(H2,17,18). The lowest BCUT2D eigenvalue weighted by Gasteiger charge is -2.38. The van der Waals surface area contributed by atoms with E-state index in [0.29, 0.717) is 12.5 Å². The molecular weight excluding hydrogens is 282 g/mol. The predicted molar refractivity (Wildman–Crippen MR) is 87.7 cm³/mol. The number of hydrogen-bond donors (Lipinski definition) is 1. The van der Waals surface area contributed by atoms with Gasteiger partial charge in [-0.05, 0) is 43.7 Å². The van der Waals surface area contributed by atoms with Crippen LogP contribution in [-0.4, -0.2) is 42.9 Å². The first-order valence-electron chi connectivity index (χ1n) is 7.47. The summed E-state index contributed by atoms with van der Waals surface area (Å²) < 4.78 is 5.77. The number of benzene rings is 1. The number of thioether (sulfide) groups is 1. The Labute approximate surface area is 130 Å². The van der Waals surface area contributed by atoms with Gasteiger partial charge in [-0.25, -0.2) is 0 Å². The Hall–Kier alpha value is -1.20. The van der Waals surface area contributed by atoms with Gasteiger partial charge in [0.2, 0.25) is 0 Å². The summed E-state index contributed by atoms with van der Waals surface area (Å²) >= 11 is 1.76. The highest BCUT2D eigenvalue weighted by Crippen LogP contribution is 2.34. The van der Waals surface area contributed by atoms with Crippen LogP contribution in [0.3, 0.4) is 0 Å². The lowest BCUT2D eigenvalue weighted by molar-refractivity contribution is 0.0690. The van der Waals surface area contributed by atoms with Crippen molar-refractivity contribution >= 4 is 17.7 Å². The van der Waals surface area contributed by atoms with E-state index in [9.17, 15) is 0 Å². The number of aliphatic imine (C=N–C) groups is 1. The molecule has 2 atom stereocenters. The van der Waals surface area contributed by atoms with Gasteiger partial charge in [0.05, 0.1) is 18.2 Å². The monoisotopic (exact) mass is 305 g/mol. The van der Waals surface area contributed by atoms with Crippen LogP contribution >= 0.6 is 11.8 Å². The van der Waals surface area contributed by atoms with Crippen molar-refractivity contribution in [3.8, 4) is 0 Å². The summed E-state index contributed by atoms with van der Waals surface area (Å²) in [5, 5.41) is 0. The topological polar surface area (TPSA) is 50.8 Å². The van der Waals surface area contributed by atoms with Crippen LogP contribution in [0.5, 0.6) is 0 Å². The maximum absolute atomic E-state index is 6.14. The molecule has 0 saturated carbocycles. The number of nitrogens with two attached hydrogens (primary N) is 1. The smallest absolute Gasteiger partial charge is 0.192 e. The van der Waals surface area contributed by atoms with E-state index in [1.54, 1.807) is 11.8 Å². The van der Waals surface area contributed by atoms with E-state index in [1.807, 2.05) is 0 Å². The number of hydrogen-bond acceptors (Lipinski definition) is 5. The highest BCUT2D eigenvalue weighted by Gasteiger charge is 2.40. The molecule has 3 rings (SSSR count). The normalized spacial score (nSPS) is 29.0. The molecule has 21 heavy (non-hydrogen) atoms. The second-order valence-corrected chi connectivity index (χ2v) is 6.80. The summed E-state index contributed by atoms with van der Waals surface area (Å²) in [4.78, 5) is 7.99. The van der Waals surface area contributed by atoms with Crippen LogP contribution < -0.4 is 5.73 Å². The summed E-state index contributed by atoms with van der Waals surface area (Å²) in [6, 6.07) is 8.74. The van der Waals surface area contributed by atoms with Crippen LogP contribution in [0, 0.1) is 0 Å². The molecule has 2 unspecified atom stereocenters. The van der Waals surface area contributed by atoms with E-state index in [2.05, 4.69) is 47.3 Å². The molecule has 1 saturated heterocycles. The SMILES string of the molecule is CSc1ccc(C2(C)CN=C(N)N2CC2CCCO2)cc1. The van der Waals surface area contributed by atoms with Gasteiger partial charge in [0.1, 0.15) is 0 Å². The van der Waals surface area contributed by atoms with Crippen molar-refractivity contribution in [3.63, 3.8) is 0 Å². The van der Waals surface area contributed by atoms with E-state index in [-0.39, 0.29) is 11.6 Å². The van der Waals surface area contributed by atoms with E-state index >= 15 is 0 Å². The zero-order valence-electron chi connectivity index (χ0n) is 12.7. The van der Waals surface area contributed by atoms with Crippen LogP contribution in [0.2, 0.25) is 0 Å². The molecule has 1 aromatic rings. The summed E-state index contributed by atoms with van der Waals surface area (Å²) in [7, 11) is 0. The van der Waals surface area contributed by atoms with Gasteiger partial charge in [0.25, 0.3) is 0 Å². The highest BCUT2D eigenvalue weighted by atomic mass is 32.2. The molecule has 114 valence electrons. The minimum atomic E-state index is -0.160. The molecule has 2 aliphatic heterocycles. The fourth-order valence-corrected chi connectivity index (χ4v) is 3.55. The largest absolute Gasteiger partial charge is 0.376 e. The fourth-order valence-electron chi connectivity index (χ4n) is 3.14. The number of nitrogens with zero attached hydrogens (tertiary/aromatic N) is 2. The lowest BCUT2D eigenvalue weighted by atomic mass is 9.90. The molecular formula is C16H23N3OS. The Kier molecular flexibility index (Phi) is 4.13. The number of rotatable bonds is 4. The van der Waals surface area contributed by atoms with Crippen molar-refractivity contribution in [2.45, 2.75) is 36.3 Å². The average molecular weight is 305 g/mol. The third-order valence-electron chi connectivity index (χ3n) is 4.54. The van der Waals surface area contributed by atoms with Gasteiger partial charge in [0, 0.05) is 18.0 Å². The fraction of sp³-hybridized carbons (Fsp3) is 0.562. The number of guanidine groups is 1. The first-order valence-corrected chi connectivity index (χ1v) is 8.69. The van der Waals surface area contributed by atoms with Gasteiger partial charge >= 0.3 is 0 Å². The van der Waals surface area contributed by atoms with Gasteiger partial charge in [-0.1, -0.05) is 12.1 Å². The quantitative estimate of drug-likeness (QED) is 0.868. The first-order chi connectivity index (χ1) is 10.1. The van der Waals surface area contributed by atoms with Crippen molar-refractivity contribution in [1.82, 2.24) is 4.90 Å². The molecule has 5 heteroatoms. The maximum Gasteiger partial charge on any atom is 0.192 e. The van der Waals surface area contributed by atoms with Crippen LogP contribution in [0.1, 0.15) is 25.3 Å². The second kappa shape index (κ2) is 5.89. The minimum Gasteiger partial charge on any atom is -0.376 e. The molecule has 1 fully saturated rings. The van der Waals surface area contributed by atoms with Crippen molar-refractivity contribution in [2.24, 2.45) is 10.7 Å². The Morgan fingerprint density at radius 1 is 1.43 bits per heavy atom. The van der Waals surface area contributed by atoms with Crippen molar-refractivity contribution in [2.75, 3.05) is 26.0 Å². The molecule has 2 N–H and O–H groups in total. The highest BCUT2D eigenvalue weighted by molar-refractivity contribution is 7.98. The van der Waals surface area contributed by atoms with Crippen LogP contribution in [0.25, 0.3) is 0 Å². The van der Waals surface area contributed by atoms with E-state index < -0.39 is 0 Å². The van der Waals surface area contributed by atoms with Gasteiger partial charge in [-0.15, -0.1) is 11.8 Å². The van der Waals surface area contributed by atoms with Crippen LogP contribution in [0.15, 0.2) is 34.2 Å². The Bertz CT molecular complexity index is 525. The Morgan fingerprint density at radius 3 is 2.81 bits per heavy atom. The predicted octanol–water partition coefficient (Wildman–Crippen LogP) is 2.43. The molecule has 2 aliphatic rings.